The minimum absolute atomic E-state index is 0.671. The molecular formula is C20H21N5O2S. The number of rotatable bonds is 3. The molecule has 1 aliphatic heterocycles. The topological polar surface area (TPSA) is 87.2 Å². The third-order valence-electron chi connectivity index (χ3n) is 5.01. The number of hydrogen-bond acceptors (Lipinski definition) is 7. The highest BCUT2D eigenvalue weighted by atomic mass is 32.1. The molecule has 7 nitrogen and oxygen atoms in total. The zero-order valence-electron chi connectivity index (χ0n) is 15.8. The van der Waals surface area contributed by atoms with Gasteiger partial charge >= 0.3 is 0 Å². The molecule has 1 fully saturated rings. The lowest BCUT2D eigenvalue weighted by molar-refractivity contribution is 0.0826. The molecule has 5 rings (SSSR count). The maximum atomic E-state index is 10.5. The van der Waals surface area contributed by atoms with Crippen LogP contribution in [0.15, 0.2) is 30.5 Å². The number of aromatic nitrogens is 4. The fourth-order valence-corrected chi connectivity index (χ4v) is 4.53. The number of hydrogen-bond donors (Lipinski definition) is 2. The summed E-state index contributed by atoms with van der Waals surface area (Å²) >= 11 is 1.52. The second-order valence-electron chi connectivity index (χ2n) is 7.50. The maximum absolute atomic E-state index is 10.5. The highest BCUT2D eigenvalue weighted by Gasteiger charge is 2.25. The molecule has 28 heavy (non-hydrogen) atoms. The number of H-pyrrole nitrogens is 1. The van der Waals surface area contributed by atoms with Gasteiger partial charge in [0.2, 0.25) is 0 Å². The van der Waals surface area contributed by atoms with E-state index in [9.17, 15) is 5.11 Å². The standard InChI is InChI=1S/C20H21N5O2S/c1-20(2,26)16-10-13-18(25-6-8-27-9-7-25)22-17(23-19(13)28-16)12-4-3-5-15-14(12)11-21-24-15/h3-5,10-11,26H,6-9H2,1-2H3,(H,21,24). The van der Waals surface area contributed by atoms with Gasteiger partial charge in [-0.2, -0.15) is 5.10 Å². The van der Waals surface area contributed by atoms with E-state index in [0.29, 0.717) is 19.0 Å². The van der Waals surface area contributed by atoms with Crippen LogP contribution in [0.1, 0.15) is 18.7 Å². The molecule has 1 aromatic carbocycles. The first-order valence-corrected chi connectivity index (χ1v) is 10.1. The molecule has 4 aromatic rings. The van der Waals surface area contributed by atoms with E-state index in [1.165, 1.54) is 11.3 Å². The summed E-state index contributed by atoms with van der Waals surface area (Å²) in [6.45, 7) is 6.53. The highest BCUT2D eigenvalue weighted by molar-refractivity contribution is 7.18. The van der Waals surface area contributed by atoms with Gasteiger partial charge in [0.1, 0.15) is 10.6 Å². The summed E-state index contributed by atoms with van der Waals surface area (Å²) in [5.41, 5.74) is 0.983. The van der Waals surface area contributed by atoms with Crippen LogP contribution in [0.25, 0.3) is 32.5 Å². The third kappa shape index (κ3) is 2.94. The van der Waals surface area contributed by atoms with Crippen LogP contribution in [0.5, 0.6) is 0 Å². The lowest BCUT2D eigenvalue weighted by atomic mass is 10.1. The molecular weight excluding hydrogens is 374 g/mol. The third-order valence-corrected chi connectivity index (χ3v) is 6.35. The molecule has 0 aliphatic carbocycles. The summed E-state index contributed by atoms with van der Waals surface area (Å²) in [5, 5.41) is 19.6. The van der Waals surface area contributed by atoms with Crippen LogP contribution in [0.4, 0.5) is 5.82 Å². The van der Waals surface area contributed by atoms with Crippen LogP contribution in [0.2, 0.25) is 0 Å². The number of aliphatic hydroxyl groups is 1. The number of aromatic amines is 1. The van der Waals surface area contributed by atoms with Crippen molar-refractivity contribution in [1.82, 2.24) is 20.2 Å². The van der Waals surface area contributed by atoms with Crippen LogP contribution >= 0.6 is 11.3 Å². The number of fused-ring (bicyclic) bond motifs is 2. The fourth-order valence-electron chi connectivity index (χ4n) is 3.51. The largest absolute Gasteiger partial charge is 0.385 e. The van der Waals surface area contributed by atoms with E-state index in [4.69, 9.17) is 14.7 Å². The summed E-state index contributed by atoms with van der Waals surface area (Å²) in [7, 11) is 0. The van der Waals surface area contributed by atoms with E-state index in [1.54, 1.807) is 13.8 Å². The van der Waals surface area contributed by atoms with Crippen LogP contribution in [-0.4, -0.2) is 51.6 Å². The van der Waals surface area contributed by atoms with Crippen molar-refractivity contribution in [3.8, 4) is 11.4 Å². The summed E-state index contributed by atoms with van der Waals surface area (Å²) in [4.78, 5) is 13.8. The van der Waals surface area contributed by atoms with Crippen molar-refractivity contribution >= 4 is 38.3 Å². The van der Waals surface area contributed by atoms with E-state index >= 15 is 0 Å². The molecule has 4 heterocycles. The van der Waals surface area contributed by atoms with Crippen molar-refractivity contribution < 1.29 is 9.84 Å². The molecule has 1 aliphatic rings. The second kappa shape index (κ2) is 6.51. The molecule has 0 atom stereocenters. The Kier molecular flexibility index (Phi) is 4.08. The maximum Gasteiger partial charge on any atom is 0.163 e. The SMILES string of the molecule is CC(C)(O)c1cc2c(N3CCOCC3)nc(-c3cccc4[nH]ncc34)nc2s1. The van der Waals surface area contributed by atoms with Gasteiger partial charge in [0.25, 0.3) is 0 Å². The molecule has 1 saturated heterocycles. The van der Waals surface area contributed by atoms with Crippen molar-refractivity contribution in [1.29, 1.82) is 0 Å². The Bertz CT molecular complexity index is 1150. The van der Waals surface area contributed by atoms with Crippen molar-refractivity contribution in [2.75, 3.05) is 31.2 Å². The molecule has 0 spiro atoms. The van der Waals surface area contributed by atoms with Crippen molar-refractivity contribution in [2.24, 2.45) is 0 Å². The smallest absolute Gasteiger partial charge is 0.163 e. The first-order valence-electron chi connectivity index (χ1n) is 9.30. The molecule has 0 radical (unpaired) electrons. The number of nitrogens with zero attached hydrogens (tertiary/aromatic N) is 4. The van der Waals surface area contributed by atoms with Gasteiger partial charge in [0, 0.05) is 28.9 Å². The van der Waals surface area contributed by atoms with Gasteiger partial charge in [-0.25, -0.2) is 9.97 Å². The Labute approximate surface area is 166 Å². The highest BCUT2D eigenvalue weighted by Crippen LogP contribution is 2.38. The van der Waals surface area contributed by atoms with E-state index in [0.717, 1.165) is 50.5 Å². The Balaban J connectivity index is 1.75. The van der Waals surface area contributed by atoms with E-state index in [1.807, 2.05) is 30.5 Å². The fraction of sp³-hybridized carbons (Fsp3) is 0.350. The number of anilines is 1. The normalized spacial score (nSPS) is 15.6. The average Bonchev–Trinajstić information content (AvgIpc) is 3.34. The molecule has 2 N–H and O–H groups in total. The lowest BCUT2D eigenvalue weighted by Crippen LogP contribution is -2.37. The monoisotopic (exact) mass is 395 g/mol. The predicted octanol–water partition coefficient (Wildman–Crippen LogP) is 3.30. The van der Waals surface area contributed by atoms with Gasteiger partial charge in [0.05, 0.1) is 35.9 Å². The van der Waals surface area contributed by atoms with Crippen LogP contribution in [0.3, 0.4) is 0 Å². The lowest BCUT2D eigenvalue weighted by Gasteiger charge is -2.28. The van der Waals surface area contributed by atoms with Gasteiger partial charge in [0.15, 0.2) is 5.82 Å². The van der Waals surface area contributed by atoms with Gasteiger partial charge in [-0.1, -0.05) is 12.1 Å². The molecule has 8 heteroatoms. The van der Waals surface area contributed by atoms with E-state index in [-0.39, 0.29) is 0 Å². The van der Waals surface area contributed by atoms with Crippen molar-refractivity contribution in [3.05, 3.63) is 35.3 Å². The molecule has 0 saturated carbocycles. The number of benzene rings is 1. The molecule has 0 bridgehead atoms. The number of nitrogens with one attached hydrogen (secondary N) is 1. The van der Waals surface area contributed by atoms with Crippen LogP contribution in [0, 0.1) is 0 Å². The quantitative estimate of drug-likeness (QED) is 0.553. The van der Waals surface area contributed by atoms with Crippen LogP contribution < -0.4 is 4.90 Å². The van der Waals surface area contributed by atoms with Gasteiger partial charge in [-0.3, -0.25) is 5.10 Å². The van der Waals surface area contributed by atoms with E-state index < -0.39 is 5.60 Å². The zero-order chi connectivity index (χ0) is 19.3. The first kappa shape index (κ1) is 17.5. The minimum atomic E-state index is -0.918. The Morgan fingerprint density at radius 2 is 2.00 bits per heavy atom. The first-order chi connectivity index (χ1) is 13.5. The minimum Gasteiger partial charge on any atom is -0.385 e. The van der Waals surface area contributed by atoms with Crippen LogP contribution in [-0.2, 0) is 10.3 Å². The molecule has 144 valence electrons. The van der Waals surface area contributed by atoms with Gasteiger partial charge in [-0.15, -0.1) is 11.3 Å². The number of thiophene rings is 1. The summed E-state index contributed by atoms with van der Waals surface area (Å²) < 4.78 is 5.52. The molecule has 0 unspecified atom stereocenters. The zero-order valence-corrected chi connectivity index (χ0v) is 16.6. The predicted molar refractivity (Wildman–Crippen MR) is 111 cm³/mol. The Morgan fingerprint density at radius 3 is 2.79 bits per heavy atom. The van der Waals surface area contributed by atoms with E-state index in [2.05, 4.69) is 15.1 Å². The summed E-state index contributed by atoms with van der Waals surface area (Å²) in [5.74, 6) is 1.57. The van der Waals surface area contributed by atoms with Crippen molar-refractivity contribution in [3.63, 3.8) is 0 Å². The van der Waals surface area contributed by atoms with Gasteiger partial charge < -0.3 is 14.7 Å². The molecule has 3 aromatic heterocycles. The van der Waals surface area contributed by atoms with Gasteiger partial charge in [-0.05, 0) is 26.0 Å². The Morgan fingerprint density at radius 1 is 1.18 bits per heavy atom. The number of morpholine rings is 1. The number of ether oxygens (including phenoxy) is 1. The summed E-state index contributed by atoms with van der Waals surface area (Å²) in [6, 6.07) is 8.01. The summed E-state index contributed by atoms with van der Waals surface area (Å²) in [6.07, 6.45) is 1.81. The average molecular weight is 395 g/mol. The van der Waals surface area contributed by atoms with Crippen molar-refractivity contribution in [2.45, 2.75) is 19.4 Å². The molecule has 0 amide bonds. The Hall–Kier alpha value is -2.55. The second-order valence-corrected chi connectivity index (χ2v) is 8.53.